The lowest BCUT2D eigenvalue weighted by Gasteiger charge is -2.06. The molecule has 0 radical (unpaired) electrons. The molecule has 0 amide bonds. The van der Waals surface area contributed by atoms with Gasteiger partial charge in [0.05, 0.1) is 0 Å². The van der Waals surface area contributed by atoms with Crippen molar-refractivity contribution < 1.29 is 9.18 Å². The summed E-state index contributed by atoms with van der Waals surface area (Å²) >= 11 is 0. The van der Waals surface area contributed by atoms with Crippen molar-refractivity contribution >= 4 is 16.6 Å². The standard InChI is InChI=1S/C17H9FO/c18-16-11-6-2-1-5-10(11)9-14-15(16)12-7-3-4-8-13(12)17(14)19/h1-9H. The Morgan fingerprint density at radius 3 is 2.32 bits per heavy atom. The van der Waals surface area contributed by atoms with Gasteiger partial charge in [-0.25, -0.2) is 4.39 Å². The summed E-state index contributed by atoms with van der Waals surface area (Å²) < 4.78 is 14.7. The summed E-state index contributed by atoms with van der Waals surface area (Å²) in [4.78, 5) is 12.3. The van der Waals surface area contributed by atoms with Crippen LogP contribution in [-0.2, 0) is 0 Å². The number of ketones is 1. The lowest BCUT2D eigenvalue weighted by atomic mass is 9.99. The van der Waals surface area contributed by atoms with E-state index in [9.17, 15) is 9.18 Å². The van der Waals surface area contributed by atoms with Gasteiger partial charge in [0.2, 0.25) is 0 Å². The Labute approximate surface area is 109 Å². The van der Waals surface area contributed by atoms with Crippen molar-refractivity contribution in [1.29, 1.82) is 0 Å². The Bertz CT molecular complexity index is 849. The molecule has 1 aliphatic rings. The molecule has 90 valence electrons. The van der Waals surface area contributed by atoms with Gasteiger partial charge in [-0.2, -0.15) is 0 Å². The molecule has 0 heterocycles. The maximum Gasteiger partial charge on any atom is 0.194 e. The van der Waals surface area contributed by atoms with Crippen LogP contribution in [0.25, 0.3) is 21.9 Å². The zero-order valence-corrected chi connectivity index (χ0v) is 9.98. The molecule has 0 saturated heterocycles. The van der Waals surface area contributed by atoms with E-state index in [0.717, 1.165) is 5.39 Å². The number of rotatable bonds is 0. The van der Waals surface area contributed by atoms with Gasteiger partial charge in [0, 0.05) is 22.1 Å². The highest BCUT2D eigenvalue weighted by molar-refractivity contribution is 6.23. The molecule has 0 bridgehead atoms. The van der Waals surface area contributed by atoms with Crippen LogP contribution in [0.4, 0.5) is 4.39 Å². The predicted octanol–water partition coefficient (Wildman–Crippen LogP) is 4.19. The second-order valence-corrected chi connectivity index (χ2v) is 4.71. The van der Waals surface area contributed by atoms with Crippen LogP contribution >= 0.6 is 0 Å². The highest BCUT2D eigenvalue weighted by Gasteiger charge is 2.29. The minimum absolute atomic E-state index is 0.0877. The Morgan fingerprint density at radius 1 is 0.789 bits per heavy atom. The van der Waals surface area contributed by atoms with Gasteiger partial charge in [0.1, 0.15) is 5.82 Å². The SMILES string of the molecule is O=C1c2ccccc2-c2c1cc1ccccc1c2F. The van der Waals surface area contributed by atoms with E-state index in [0.29, 0.717) is 27.6 Å². The second-order valence-electron chi connectivity index (χ2n) is 4.71. The van der Waals surface area contributed by atoms with Crippen LogP contribution in [0.2, 0.25) is 0 Å². The molecule has 2 heteroatoms. The molecule has 1 aliphatic carbocycles. The lowest BCUT2D eigenvalue weighted by Crippen LogP contribution is -1.95. The van der Waals surface area contributed by atoms with E-state index in [2.05, 4.69) is 0 Å². The molecule has 0 spiro atoms. The summed E-state index contributed by atoms with van der Waals surface area (Å²) in [5.74, 6) is -0.387. The van der Waals surface area contributed by atoms with Gasteiger partial charge in [0.15, 0.2) is 5.78 Å². The van der Waals surface area contributed by atoms with Crippen LogP contribution in [-0.4, -0.2) is 5.78 Å². The average Bonchev–Trinajstić information content (AvgIpc) is 2.74. The molecule has 0 aliphatic heterocycles. The average molecular weight is 248 g/mol. The third-order valence-corrected chi connectivity index (χ3v) is 3.67. The third-order valence-electron chi connectivity index (χ3n) is 3.67. The van der Waals surface area contributed by atoms with Gasteiger partial charge in [-0.3, -0.25) is 4.79 Å². The van der Waals surface area contributed by atoms with Gasteiger partial charge in [-0.05, 0) is 17.0 Å². The van der Waals surface area contributed by atoms with Crippen LogP contribution in [0.15, 0.2) is 54.6 Å². The molecule has 3 aromatic carbocycles. The Morgan fingerprint density at radius 2 is 1.47 bits per heavy atom. The van der Waals surface area contributed by atoms with Crippen LogP contribution < -0.4 is 0 Å². The molecule has 1 nitrogen and oxygen atoms in total. The first-order valence-electron chi connectivity index (χ1n) is 6.13. The Hall–Kier alpha value is -2.48. The molecular weight excluding hydrogens is 239 g/mol. The lowest BCUT2D eigenvalue weighted by molar-refractivity contribution is 0.104. The zero-order chi connectivity index (χ0) is 13.0. The zero-order valence-electron chi connectivity index (χ0n) is 9.98. The van der Waals surface area contributed by atoms with E-state index in [-0.39, 0.29) is 11.6 Å². The number of benzene rings is 3. The van der Waals surface area contributed by atoms with Crippen LogP contribution in [0.5, 0.6) is 0 Å². The summed E-state index contributed by atoms with van der Waals surface area (Å²) in [6, 6.07) is 16.2. The largest absolute Gasteiger partial charge is 0.289 e. The van der Waals surface area contributed by atoms with Crippen LogP contribution in [0.3, 0.4) is 0 Å². The molecule has 0 aromatic heterocycles. The van der Waals surface area contributed by atoms with Gasteiger partial charge >= 0.3 is 0 Å². The van der Waals surface area contributed by atoms with Gasteiger partial charge < -0.3 is 0 Å². The molecule has 0 unspecified atom stereocenters. The molecule has 3 aromatic rings. The Balaban J connectivity index is 2.20. The number of fused-ring (bicyclic) bond motifs is 4. The van der Waals surface area contributed by atoms with E-state index >= 15 is 0 Å². The first-order valence-corrected chi connectivity index (χ1v) is 6.13. The van der Waals surface area contributed by atoms with Gasteiger partial charge in [-0.1, -0.05) is 48.5 Å². The van der Waals surface area contributed by atoms with Crippen molar-refractivity contribution in [2.24, 2.45) is 0 Å². The topological polar surface area (TPSA) is 17.1 Å². The first kappa shape index (κ1) is 10.4. The van der Waals surface area contributed by atoms with Crippen LogP contribution in [0.1, 0.15) is 15.9 Å². The predicted molar refractivity (Wildman–Crippen MR) is 72.8 cm³/mol. The van der Waals surface area contributed by atoms with E-state index in [1.165, 1.54) is 0 Å². The minimum Gasteiger partial charge on any atom is -0.289 e. The number of halogens is 1. The van der Waals surface area contributed by atoms with Crippen molar-refractivity contribution in [3.05, 3.63) is 71.5 Å². The van der Waals surface area contributed by atoms with Crippen molar-refractivity contribution in [2.75, 3.05) is 0 Å². The van der Waals surface area contributed by atoms with E-state index in [1.807, 2.05) is 18.2 Å². The second kappa shape index (κ2) is 3.51. The van der Waals surface area contributed by atoms with Crippen molar-refractivity contribution in [3.63, 3.8) is 0 Å². The molecule has 0 saturated carbocycles. The Kier molecular flexibility index (Phi) is 1.93. The summed E-state index contributed by atoms with van der Waals surface area (Å²) in [5.41, 5.74) is 2.20. The van der Waals surface area contributed by atoms with Crippen molar-refractivity contribution in [1.82, 2.24) is 0 Å². The first-order chi connectivity index (χ1) is 9.27. The van der Waals surface area contributed by atoms with Gasteiger partial charge in [0.25, 0.3) is 0 Å². The van der Waals surface area contributed by atoms with E-state index in [1.54, 1.807) is 36.4 Å². The number of hydrogen-bond acceptors (Lipinski definition) is 1. The maximum atomic E-state index is 14.7. The third kappa shape index (κ3) is 1.26. The highest BCUT2D eigenvalue weighted by Crippen LogP contribution is 2.41. The molecule has 0 N–H and O–H groups in total. The molecule has 0 fully saturated rings. The fourth-order valence-corrected chi connectivity index (χ4v) is 2.79. The quantitative estimate of drug-likeness (QED) is 0.456. The summed E-state index contributed by atoms with van der Waals surface area (Å²) in [6.07, 6.45) is 0. The smallest absolute Gasteiger partial charge is 0.194 e. The fraction of sp³-hybridized carbons (Fsp3) is 0. The maximum absolute atomic E-state index is 14.7. The van der Waals surface area contributed by atoms with Crippen LogP contribution in [0, 0.1) is 5.82 Å². The molecular formula is C17H9FO. The number of carbonyl (C=O) groups is 1. The molecule has 19 heavy (non-hydrogen) atoms. The van der Waals surface area contributed by atoms with E-state index < -0.39 is 0 Å². The number of hydrogen-bond donors (Lipinski definition) is 0. The van der Waals surface area contributed by atoms with E-state index in [4.69, 9.17) is 0 Å². The number of carbonyl (C=O) groups excluding carboxylic acids is 1. The normalized spacial score (nSPS) is 12.6. The summed E-state index contributed by atoms with van der Waals surface area (Å²) in [7, 11) is 0. The summed E-state index contributed by atoms with van der Waals surface area (Å²) in [6.45, 7) is 0. The summed E-state index contributed by atoms with van der Waals surface area (Å²) in [5, 5.41) is 1.32. The van der Waals surface area contributed by atoms with Crippen molar-refractivity contribution in [3.8, 4) is 11.1 Å². The fourth-order valence-electron chi connectivity index (χ4n) is 2.79. The molecule has 4 rings (SSSR count). The monoisotopic (exact) mass is 248 g/mol. The molecule has 0 atom stereocenters. The highest BCUT2D eigenvalue weighted by atomic mass is 19.1. The van der Waals surface area contributed by atoms with Crippen molar-refractivity contribution in [2.45, 2.75) is 0 Å². The van der Waals surface area contributed by atoms with Gasteiger partial charge in [-0.15, -0.1) is 0 Å². The minimum atomic E-state index is -0.300.